The van der Waals surface area contributed by atoms with Crippen LogP contribution in [0.3, 0.4) is 0 Å². The van der Waals surface area contributed by atoms with E-state index in [1.165, 1.54) is 12.3 Å². The maximum atomic E-state index is 14.3. The summed E-state index contributed by atoms with van der Waals surface area (Å²) in [6.07, 6.45) is 1.67. The smallest absolute Gasteiger partial charge is 0.244 e. The lowest BCUT2D eigenvalue weighted by Crippen LogP contribution is -2.36. The lowest BCUT2D eigenvalue weighted by Gasteiger charge is -2.29. The third kappa shape index (κ3) is 5.12. The summed E-state index contributed by atoms with van der Waals surface area (Å²) in [6.45, 7) is 2.56. The minimum atomic E-state index is -0.308. The molecule has 2 aromatic rings. The summed E-state index contributed by atoms with van der Waals surface area (Å²) in [7, 11) is 0. The van der Waals surface area contributed by atoms with E-state index in [-0.39, 0.29) is 18.1 Å². The Hall–Kier alpha value is -2.25. The van der Waals surface area contributed by atoms with Gasteiger partial charge in [-0.15, -0.1) is 0 Å². The van der Waals surface area contributed by atoms with Gasteiger partial charge in [-0.1, -0.05) is 34.1 Å². The first-order valence-electron chi connectivity index (χ1n) is 8.30. The van der Waals surface area contributed by atoms with Crippen LogP contribution in [0, 0.1) is 5.82 Å². The van der Waals surface area contributed by atoms with Crippen molar-refractivity contribution in [2.45, 2.75) is 6.42 Å². The second-order valence-electron chi connectivity index (χ2n) is 5.91. The van der Waals surface area contributed by atoms with Gasteiger partial charge in [-0.25, -0.2) is 9.82 Å². The van der Waals surface area contributed by atoms with E-state index in [2.05, 4.69) is 26.5 Å². The molecule has 2 aromatic carbocycles. The van der Waals surface area contributed by atoms with Gasteiger partial charge in [0.2, 0.25) is 5.91 Å². The van der Waals surface area contributed by atoms with Gasteiger partial charge >= 0.3 is 0 Å². The van der Waals surface area contributed by atoms with Crippen molar-refractivity contribution in [3.8, 4) is 0 Å². The second kappa shape index (κ2) is 8.91. The van der Waals surface area contributed by atoms with E-state index in [4.69, 9.17) is 4.74 Å². The van der Waals surface area contributed by atoms with Gasteiger partial charge in [0.25, 0.3) is 0 Å². The first-order valence-corrected chi connectivity index (χ1v) is 9.10. The number of rotatable bonds is 5. The van der Waals surface area contributed by atoms with E-state index in [0.29, 0.717) is 37.6 Å². The van der Waals surface area contributed by atoms with Gasteiger partial charge in [-0.3, -0.25) is 4.79 Å². The van der Waals surface area contributed by atoms with Crippen LogP contribution in [0.25, 0.3) is 0 Å². The summed E-state index contributed by atoms with van der Waals surface area (Å²) >= 11 is 3.35. The third-order valence-electron chi connectivity index (χ3n) is 4.00. The first kappa shape index (κ1) is 18.5. The van der Waals surface area contributed by atoms with Crippen LogP contribution in [0.2, 0.25) is 0 Å². The number of hydrogen-bond donors (Lipinski definition) is 1. The van der Waals surface area contributed by atoms with Crippen molar-refractivity contribution in [2.24, 2.45) is 5.10 Å². The number of anilines is 1. The quantitative estimate of drug-likeness (QED) is 0.598. The molecule has 0 unspecified atom stereocenters. The molecule has 0 saturated carbocycles. The molecule has 0 bridgehead atoms. The van der Waals surface area contributed by atoms with E-state index in [0.717, 1.165) is 10.0 Å². The number of nitrogens with one attached hydrogen (secondary N) is 1. The molecule has 5 nitrogen and oxygen atoms in total. The fraction of sp³-hybridized carbons (Fsp3) is 0.263. The van der Waals surface area contributed by atoms with Crippen LogP contribution in [-0.2, 0) is 16.0 Å². The highest BCUT2D eigenvalue weighted by atomic mass is 79.9. The predicted molar refractivity (Wildman–Crippen MR) is 103 cm³/mol. The van der Waals surface area contributed by atoms with Gasteiger partial charge in [-0.2, -0.15) is 5.10 Å². The van der Waals surface area contributed by atoms with Crippen molar-refractivity contribution in [3.63, 3.8) is 0 Å². The number of carbonyl (C=O) groups excluding carboxylic acids is 1. The molecule has 1 heterocycles. The topological polar surface area (TPSA) is 53.9 Å². The largest absolute Gasteiger partial charge is 0.378 e. The number of halogens is 2. The van der Waals surface area contributed by atoms with Crippen LogP contribution in [0.4, 0.5) is 10.1 Å². The van der Waals surface area contributed by atoms with Gasteiger partial charge in [0.1, 0.15) is 5.82 Å². The van der Waals surface area contributed by atoms with Gasteiger partial charge < -0.3 is 9.64 Å². The Morgan fingerprint density at radius 2 is 1.96 bits per heavy atom. The minimum absolute atomic E-state index is 0.228. The molecule has 1 amide bonds. The Labute approximate surface area is 160 Å². The summed E-state index contributed by atoms with van der Waals surface area (Å²) in [5, 5.41) is 3.90. The Kier molecular flexibility index (Phi) is 6.35. The third-order valence-corrected chi connectivity index (χ3v) is 4.53. The molecule has 1 N–H and O–H groups in total. The second-order valence-corrected chi connectivity index (χ2v) is 6.82. The van der Waals surface area contributed by atoms with Crippen molar-refractivity contribution in [1.82, 2.24) is 5.43 Å². The van der Waals surface area contributed by atoms with Crippen LogP contribution in [0.1, 0.15) is 11.1 Å². The van der Waals surface area contributed by atoms with Crippen molar-refractivity contribution in [1.29, 1.82) is 0 Å². The van der Waals surface area contributed by atoms with Gasteiger partial charge in [0.05, 0.1) is 31.5 Å². The highest BCUT2D eigenvalue weighted by Crippen LogP contribution is 2.21. The molecule has 26 heavy (non-hydrogen) atoms. The molecule has 0 aliphatic carbocycles. The van der Waals surface area contributed by atoms with Crippen molar-refractivity contribution in [3.05, 3.63) is 63.9 Å². The summed E-state index contributed by atoms with van der Waals surface area (Å²) in [4.78, 5) is 13.8. The van der Waals surface area contributed by atoms with Gasteiger partial charge in [0.15, 0.2) is 0 Å². The average Bonchev–Trinajstić information content (AvgIpc) is 2.64. The zero-order valence-electron chi connectivity index (χ0n) is 14.1. The fourth-order valence-electron chi connectivity index (χ4n) is 2.67. The lowest BCUT2D eigenvalue weighted by molar-refractivity contribution is -0.120. The molecule has 0 spiro atoms. The van der Waals surface area contributed by atoms with E-state index in [1.807, 2.05) is 29.2 Å². The number of ether oxygens (including phenoxy) is 1. The van der Waals surface area contributed by atoms with Crippen LogP contribution in [-0.4, -0.2) is 38.4 Å². The number of hydrazone groups is 1. The standard InChI is InChI=1S/C19H19BrFN3O2/c20-16-4-1-14(2-5-16)12-19(25)23-22-13-15-3-6-18(17(21)11-15)24-7-9-26-10-8-24/h1-6,11,13H,7-10,12H2,(H,23,25)/b22-13-. The molecule has 1 aliphatic heterocycles. The molecular formula is C19H19BrFN3O2. The van der Waals surface area contributed by atoms with E-state index in [1.54, 1.807) is 12.1 Å². The number of amides is 1. The summed E-state index contributed by atoms with van der Waals surface area (Å²) in [6, 6.07) is 12.4. The van der Waals surface area contributed by atoms with Gasteiger partial charge in [-0.05, 0) is 35.4 Å². The number of benzene rings is 2. The normalized spacial score (nSPS) is 14.6. The molecule has 136 valence electrons. The van der Waals surface area contributed by atoms with E-state index in [9.17, 15) is 9.18 Å². The number of hydrogen-bond acceptors (Lipinski definition) is 4. The molecule has 0 radical (unpaired) electrons. The Morgan fingerprint density at radius 3 is 2.65 bits per heavy atom. The highest BCUT2D eigenvalue weighted by molar-refractivity contribution is 9.10. The van der Waals surface area contributed by atoms with Crippen molar-refractivity contribution in [2.75, 3.05) is 31.2 Å². The molecule has 3 rings (SSSR count). The fourth-order valence-corrected chi connectivity index (χ4v) is 2.93. The van der Waals surface area contributed by atoms with E-state index >= 15 is 0 Å². The van der Waals surface area contributed by atoms with Crippen LogP contribution in [0.15, 0.2) is 52.0 Å². The van der Waals surface area contributed by atoms with E-state index < -0.39 is 0 Å². The van der Waals surface area contributed by atoms with Gasteiger partial charge in [0, 0.05) is 17.6 Å². The maximum absolute atomic E-state index is 14.3. The van der Waals surface area contributed by atoms with Crippen molar-refractivity contribution < 1.29 is 13.9 Å². The Bertz CT molecular complexity index is 790. The number of carbonyl (C=O) groups is 1. The molecule has 1 fully saturated rings. The molecular weight excluding hydrogens is 401 g/mol. The highest BCUT2D eigenvalue weighted by Gasteiger charge is 2.14. The Balaban J connectivity index is 1.55. The maximum Gasteiger partial charge on any atom is 0.244 e. The monoisotopic (exact) mass is 419 g/mol. The SMILES string of the molecule is O=C(Cc1ccc(Br)cc1)N/N=C\c1ccc(N2CCOCC2)c(F)c1. The molecule has 7 heteroatoms. The molecule has 0 atom stereocenters. The molecule has 1 aliphatic rings. The van der Waals surface area contributed by atoms with Crippen LogP contribution in [0.5, 0.6) is 0 Å². The van der Waals surface area contributed by atoms with Crippen LogP contribution < -0.4 is 10.3 Å². The first-order chi connectivity index (χ1) is 12.6. The Morgan fingerprint density at radius 1 is 1.23 bits per heavy atom. The zero-order chi connectivity index (χ0) is 18.4. The summed E-state index contributed by atoms with van der Waals surface area (Å²) in [5.74, 6) is -0.536. The minimum Gasteiger partial charge on any atom is -0.378 e. The summed E-state index contributed by atoms with van der Waals surface area (Å²) in [5.41, 5.74) is 4.50. The van der Waals surface area contributed by atoms with Crippen LogP contribution >= 0.6 is 15.9 Å². The zero-order valence-corrected chi connectivity index (χ0v) is 15.7. The molecule has 1 saturated heterocycles. The summed E-state index contributed by atoms with van der Waals surface area (Å²) < 4.78 is 20.5. The number of nitrogens with zero attached hydrogens (tertiary/aromatic N) is 2. The lowest BCUT2D eigenvalue weighted by atomic mass is 10.1. The molecule has 0 aromatic heterocycles. The van der Waals surface area contributed by atoms with Crippen molar-refractivity contribution >= 4 is 33.7 Å². The number of morpholine rings is 1. The predicted octanol–water partition coefficient (Wildman–Crippen LogP) is 3.12. The average molecular weight is 420 g/mol.